The number of benzene rings is 1. The Morgan fingerprint density at radius 3 is 2.94 bits per heavy atom. The second-order valence-corrected chi connectivity index (χ2v) is 4.40. The summed E-state index contributed by atoms with van der Waals surface area (Å²) in [6, 6.07) is 7.73. The molecule has 17 heavy (non-hydrogen) atoms. The first-order chi connectivity index (χ1) is 8.31. The van der Waals surface area contributed by atoms with Crippen LogP contribution in [0.25, 0.3) is 0 Å². The summed E-state index contributed by atoms with van der Waals surface area (Å²) in [6.07, 6.45) is 7.29. The second kappa shape index (κ2) is 5.67. The lowest BCUT2D eigenvalue weighted by atomic mass is 10.00. The zero-order chi connectivity index (χ0) is 12.1. The van der Waals surface area contributed by atoms with E-state index in [2.05, 4.69) is 6.92 Å². The minimum Gasteiger partial charge on any atom is -0.423 e. The standard InChI is InChI=1S/C15H18O2/c1-2-3-4-5-9-13-11-12-8-6-7-10-14(12)17-15(13)16/h6-10H,2-5,11H2,1H3/b13-9-. The Bertz CT molecular complexity index is 432. The number of hydrogen-bond acceptors (Lipinski definition) is 2. The van der Waals surface area contributed by atoms with Crippen molar-refractivity contribution in [3.8, 4) is 5.75 Å². The van der Waals surface area contributed by atoms with Crippen molar-refractivity contribution in [2.45, 2.75) is 39.0 Å². The Morgan fingerprint density at radius 2 is 2.12 bits per heavy atom. The number of carbonyl (C=O) groups excluding carboxylic acids is 1. The lowest BCUT2D eigenvalue weighted by Gasteiger charge is -2.17. The third kappa shape index (κ3) is 2.96. The number of fused-ring (bicyclic) bond motifs is 1. The van der Waals surface area contributed by atoms with Crippen LogP contribution in [0, 0.1) is 0 Å². The number of para-hydroxylation sites is 1. The Hall–Kier alpha value is -1.57. The molecule has 1 heterocycles. The summed E-state index contributed by atoms with van der Waals surface area (Å²) in [7, 11) is 0. The number of esters is 1. The van der Waals surface area contributed by atoms with Crippen molar-refractivity contribution >= 4 is 5.97 Å². The summed E-state index contributed by atoms with van der Waals surface area (Å²) in [5.74, 6) is 0.531. The lowest BCUT2D eigenvalue weighted by molar-refractivity contribution is -0.130. The van der Waals surface area contributed by atoms with E-state index in [1.807, 2.05) is 30.3 Å². The van der Waals surface area contributed by atoms with Gasteiger partial charge in [0.2, 0.25) is 0 Å². The summed E-state index contributed by atoms with van der Waals surface area (Å²) in [5, 5.41) is 0. The fourth-order valence-corrected chi connectivity index (χ4v) is 2.02. The van der Waals surface area contributed by atoms with E-state index in [0.717, 1.165) is 24.0 Å². The number of unbranched alkanes of at least 4 members (excludes halogenated alkanes) is 3. The maximum absolute atomic E-state index is 11.7. The third-order valence-corrected chi connectivity index (χ3v) is 3.02. The van der Waals surface area contributed by atoms with E-state index < -0.39 is 0 Å². The molecule has 0 saturated heterocycles. The topological polar surface area (TPSA) is 26.3 Å². The van der Waals surface area contributed by atoms with Gasteiger partial charge < -0.3 is 4.74 Å². The van der Waals surface area contributed by atoms with Gasteiger partial charge in [-0.15, -0.1) is 0 Å². The van der Waals surface area contributed by atoms with E-state index in [4.69, 9.17) is 4.74 Å². The molecule has 1 aromatic rings. The average molecular weight is 230 g/mol. The van der Waals surface area contributed by atoms with E-state index in [9.17, 15) is 4.79 Å². The molecule has 0 amide bonds. The van der Waals surface area contributed by atoms with Crippen LogP contribution in [0.5, 0.6) is 5.75 Å². The smallest absolute Gasteiger partial charge is 0.339 e. The first-order valence-corrected chi connectivity index (χ1v) is 6.30. The fraction of sp³-hybridized carbons (Fsp3) is 0.400. The molecule has 0 radical (unpaired) electrons. The van der Waals surface area contributed by atoms with Gasteiger partial charge in [0.25, 0.3) is 0 Å². The lowest BCUT2D eigenvalue weighted by Crippen LogP contribution is -2.19. The van der Waals surface area contributed by atoms with Crippen molar-refractivity contribution in [2.24, 2.45) is 0 Å². The molecule has 0 unspecified atom stereocenters. The summed E-state index contributed by atoms with van der Waals surface area (Å²) in [5.41, 5.74) is 1.91. The van der Waals surface area contributed by atoms with Gasteiger partial charge in [-0.25, -0.2) is 4.79 Å². The molecular weight excluding hydrogens is 212 g/mol. The van der Waals surface area contributed by atoms with Crippen molar-refractivity contribution < 1.29 is 9.53 Å². The van der Waals surface area contributed by atoms with Gasteiger partial charge in [0.1, 0.15) is 5.75 Å². The van der Waals surface area contributed by atoms with Gasteiger partial charge in [-0.05, 0) is 24.5 Å². The van der Waals surface area contributed by atoms with Crippen LogP contribution in [-0.4, -0.2) is 5.97 Å². The van der Waals surface area contributed by atoms with E-state index in [1.54, 1.807) is 0 Å². The van der Waals surface area contributed by atoms with Crippen LogP contribution >= 0.6 is 0 Å². The van der Waals surface area contributed by atoms with Crippen LogP contribution < -0.4 is 4.74 Å². The molecule has 0 N–H and O–H groups in total. The molecule has 1 aliphatic heterocycles. The number of carbonyl (C=O) groups is 1. The molecule has 2 rings (SSSR count). The highest BCUT2D eigenvalue weighted by Gasteiger charge is 2.21. The predicted molar refractivity (Wildman–Crippen MR) is 68.0 cm³/mol. The average Bonchev–Trinajstić information content (AvgIpc) is 2.35. The molecule has 2 heteroatoms. The van der Waals surface area contributed by atoms with Gasteiger partial charge in [-0.1, -0.05) is 44.0 Å². The third-order valence-electron chi connectivity index (χ3n) is 3.02. The minimum absolute atomic E-state index is 0.180. The molecule has 1 aliphatic rings. The molecule has 0 spiro atoms. The van der Waals surface area contributed by atoms with Gasteiger partial charge in [-0.2, -0.15) is 0 Å². The van der Waals surface area contributed by atoms with E-state index in [0.29, 0.717) is 12.2 Å². The normalized spacial score (nSPS) is 16.8. The Balaban J connectivity index is 2.04. The number of hydrogen-bond donors (Lipinski definition) is 0. The Morgan fingerprint density at radius 1 is 1.29 bits per heavy atom. The first kappa shape index (κ1) is 11.9. The highest BCUT2D eigenvalue weighted by Crippen LogP contribution is 2.27. The summed E-state index contributed by atoms with van der Waals surface area (Å²) >= 11 is 0. The Kier molecular flexibility index (Phi) is 3.97. The molecule has 2 nitrogen and oxygen atoms in total. The van der Waals surface area contributed by atoms with Gasteiger partial charge >= 0.3 is 5.97 Å². The first-order valence-electron chi connectivity index (χ1n) is 6.30. The zero-order valence-corrected chi connectivity index (χ0v) is 10.2. The fourth-order valence-electron chi connectivity index (χ4n) is 2.02. The molecule has 1 aromatic carbocycles. The van der Waals surface area contributed by atoms with E-state index in [1.165, 1.54) is 12.8 Å². The molecule has 0 aliphatic carbocycles. The van der Waals surface area contributed by atoms with E-state index >= 15 is 0 Å². The maximum atomic E-state index is 11.7. The van der Waals surface area contributed by atoms with Crippen LogP contribution in [0.1, 0.15) is 38.2 Å². The van der Waals surface area contributed by atoms with Gasteiger partial charge in [0.15, 0.2) is 0 Å². The van der Waals surface area contributed by atoms with Crippen molar-refractivity contribution in [1.29, 1.82) is 0 Å². The highest BCUT2D eigenvalue weighted by atomic mass is 16.5. The van der Waals surface area contributed by atoms with Crippen LogP contribution in [-0.2, 0) is 11.2 Å². The molecule has 0 bridgehead atoms. The predicted octanol–water partition coefficient (Wildman–Crippen LogP) is 3.65. The number of allylic oxidation sites excluding steroid dienone is 1. The molecular formula is C15H18O2. The molecule has 0 atom stereocenters. The Labute approximate surface area is 102 Å². The van der Waals surface area contributed by atoms with Gasteiger partial charge in [0, 0.05) is 12.0 Å². The van der Waals surface area contributed by atoms with Crippen molar-refractivity contribution in [3.63, 3.8) is 0 Å². The SMILES string of the molecule is CCCCC/C=C1/Cc2ccccc2OC1=O. The van der Waals surface area contributed by atoms with Crippen LogP contribution in [0.4, 0.5) is 0 Å². The molecule has 0 saturated carbocycles. The minimum atomic E-state index is -0.180. The van der Waals surface area contributed by atoms with Crippen LogP contribution in [0.3, 0.4) is 0 Å². The summed E-state index contributed by atoms with van der Waals surface area (Å²) in [6.45, 7) is 2.18. The molecule has 0 fully saturated rings. The van der Waals surface area contributed by atoms with Crippen LogP contribution in [0.15, 0.2) is 35.9 Å². The quantitative estimate of drug-likeness (QED) is 0.341. The van der Waals surface area contributed by atoms with Gasteiger partial charge in [-0.3, -0.25) is 0 Å². The van der Waals surface area contributed by atoms with Crippen molar-refractivity contribution in [2.75, 3.05) is 0 Å². The largest absolute Gasteiger partial charge is 0.423 e. The highest BCUT2D eigenvalue weighted by molar-refractivity contribution is 5.92. The summed E-state index contributed by atoms with van der Waals surface area (Å²) in [4.78, 5) is 11.7. The monoisotopic (exact) mass is 230 g/mol. The number of ether oxygens (including phenoxy) is 1. The zero-order valence-electron chi connectivity index (χ0n) is 10.2. The second-order valence-electron chi connectivity index (χ2n) is 4.40. The van der Waals surface area contributed by atoms with Crippen molar-refractivity contribution in [3.05, 3.63) is 41.5 Å². The molecule has 90 valence electrons. The molecule has 0 aromatic heterocycles. The van der Waals surface area contributed by atoms with Crippen molar-refractivity contribution in [1.82, 2.24) is 0 Å². The van der Waals surface area contributed by atoms with E-state index in [-0.39, 0.29) is 5.97 Å². The summed E-state index contributed by atoms with van der Waals surface area (Å²) < 4.78 is 5.29. The number of rotatable bonds is 4. The van der Waals surface area contributed by atoms with Crippen LogP contribution in [0.2, 0.25) is 0 Å². The van der Waals surface area contributed by atoms with Gasteiger partial charge in [0.05, 0.1) is 0 Å². The maximum Gasteiger partial charge on any atom is 0.339 e.